The lowest BCUT2D eigenvalue weighted by molar-refractivity contribution is -0.870. The van der Waals surface area contributed by atoms with Crippen molar-refractivity contribution in [1.29, 1.82) is 0 Å². The van der Waals surface area contributed by atoms with Crippen molar-refractivity contribution < 1.29 is 37.3 Å². The predicted molar refractivity (Wildman–Crippen MR) is 270 cm³/mol. The van der Waals surface area contributed by atoms with E-state index in [1.807, 2.05) is 33.3 Å². The van der Waals surface area contributed by atoms with Gasteiger partial charge in [-0.05, 0) is 57.4 Å². The monoisotopic (exact) mass is 923 g/mol. The maximum absolute atomic E-state index is 13.4. The van der Waals surface area contributed by atoms with Crippen molar-refractivity contribution in [2.24, 2.45) is 0 Å². The Balaban J connectivity index is 5.42. The summed E-state index contributed by atoms with van der Waals surface area (Å²) in [6, 6.07) is -0.886. The number of hydrogen-bond donors (Lipinski definition) is 1. The van der Waals surface area contributed by atoms with Gasteiger partial charge < -0.3 is 28.5 Å². The zero-order valence-corrected chi connectivity index (χ0v) is 43.6. The summed E-state index contributed by atoms with van der Waals surface area (Å²) in [6.07, 6.45) is 51.0. The Hall–Kier alpha value is -1.77. The molecule has 1 amide bonds. The highest BCUT2D eigenvalue weighted by atomic mass is 31.2. The van der Waals surface area contributed by atoms with Crippen molar-refractivity contribution in [3.05, 3.63) is 36.5 Å². The number of esters is 1. The first-order valence-corrected chi connectivity index (χ1v) is 28.3. The fraction of sp³-hybridized carbons (Fsp3) is 0.852. The Labute approximate surface area is 396 Å². The fourth-order valence-electron chi connectivity index (χ4n) is 7.63. The highest BCUT2D eigenvalue weighted by Gasteiger charge is 2.27. The number of quaternary nitrogens is 1. The molecule has 0 fully saturated rings. The number of nitrogens with zero attached hydrogens (tertiary/aromatic N) is 1. The number of amides is 1. The molecule has 0 aliphatic heterocycles. The summed E-state index contributed by atoms with van der Waals surface area (Å²) in [5.74, 6) is -0.551. The van der Waals surface area contributed by atoms with E-state index in [0.717, 1.165) is 77.0 Å². The Morgan fingerprint density at radius 2 is 0.938 bits per heavy atom. The lowest BCUT2D eigenvalue weighted by Gasteiger charge is -2.30. The number of rotatable bonds is 48. The molecule has 0 aliphatic carbocycles. The largest absolute Gasteiger partial charge is 0.756 e. The Morgan fingerprint density at radius 1 is 0.547 bits per heavy atom. The standard InChI is InChI=1S/C54H103N2O7P/c1-7-10-13-16-19-22-25-27-28-29-32-35-38-41-44-47-54(58)63-52(45-42-39-36-33-31-26-23-20-17-14-11-8-2)51(50-62-64(59,60)61-49-48-56(4,5)6)55-53(57)46-43-40-37-34-30-24-21-18-15-12-9-3/h19,22,25,27,42,45,51-52H,7-18,20-21,23-24,26,28-41,43-44,46-50H2,1-6H3,(H-,55,57,59,60)/b22-19+,27-25+,45-42+. The second-order valence-electron chi connectivity index (χ2n) is 19.4. The Morgan fingerprint density at radius 3 is 1.41 bits per heavy atom. The second kappa shape index (κ2) is 45.0. The molecule has 64 heavy (non-hydrogen) atoms. The van der Waals surface area contributed by atoms with Crippen LogP contribution in [-0.4, -0.2) is 69.4 Å². The third kappa shape index (κ3) is 45.4. The van der Waals surface area contributed by atoms with E-state index in [4.69, 9.17) is 13.8 Å². The van der Waals surface area contributed by atoms with Crippen LogP contribution in [0.15, 0.2) is 36.5 Å². The van der Waals surface area contributed by atoms with Gasteiger partial charge >= 0.3 is 5.97 Å². The van der Waals surface area contributed by atoms with E-state index in [0.29, 0.717) is 17.4 Å². The number of phosphoric acid groups is 1. The number of likely N-dealkylation sites (N-methyl/N-ethyl adjacent to an activating group) is 1. The molecule has 3 atom stereocenters. The van der Waals surface area contributed by atoms with E-state index in [-0.39, 0.29) is 31.5 Å². The first-order valence-electron chi connectivity index (χ1n) is 26.8. The van der Waals surface area contributed by atoms with Gasteiger partial charge in [0.15, 0.2) is 0 Å². The summed E-state index contributed by atoms with van der Waals surface area (Å²) in [5, 5.41) is 3.01. The Kier molecular flexibility index (Phi) is 43.8. The van der Waals surface area contributed by atoms with Crippen LogP contribution >= 0.6 is 7.82 Å². The fourth-order valence-corrected chi connectivity index (χ4v) is 8.35. The van der Waals surface area contributed by atoms with Crippen molar-refractivity contribution in [2.75, 3.05) is 40.9 Å². The van der Waals surface area contributed by atoms with Crippen LogP contribution in [0, 0.1) is 0 Å². The smallest absolute Gasteiger partial charge is 0.306 e. The lowest BCUT2D eigenvalue weighted by atomic mass is 10.0. The molecule has 0 bridgehead atoms. The molecule has 9 nitrogen and oxygen atoms in total. The third-order valence-electron chi connectivity index (χ3n) is 11.9. The number of allylic oxidation sites excluding steroid dienone is 5. The molecule has 0 aliphatic rings. The van der Waals surface area contributed by atoms with Gasteiger partial charge in [-0.25, -0.2) is 0 Å². The number of nitrogens with one attached hydrogen (secondary N) is 1. The zero-order chi connectivity index (χ0) is 47.3. The minimum absolute atomic E-state index is 0.0226. The van der Waals surface area contributed by atoms with Crippen molar-refractivity contribution in [2.45, 2.75) is 258 Å². The molecule has 0 spiro atoms. The molecule has 0 saturated heterocycles. The molecule has 0 radical (unpaired) electrons. The van der Waals surface area contributed by atoms with Crippen molar-refractivity contribution in [1.82, 2.24) is 5.32 Å². The zero-order valence-electron chi connectivity index (χ0n) is 42.7. The quantitative estimate of drug-likeness (QED) is 0.0161. The second-order valence-corrected chi connectivity index (χ2v) is 20.8. The van der Waals surface area contributed by atoms with Crippen LogP contribution in [0.4, 0.5) is 0 Å². The van der Waals surface area contributed by atoms with Gasteiger partial charge in [-0.2, -0.15) is 0 Å². The summed E-state index contributed by atoms with van der Waals surface area (Å²) in [5.41, 5.74) is 0. The molecule has 0 heterocycles. The van der Waals surface area contributed by atoms with Crippen LogP contribution in [0.25, 0.3) is 0 Å². The molecule has 1 N–H and O–H groups in total. The van der Waals surface area contributed by atoms with Gasteiger partial charge in [-0.1, -0.05) is 212 Å². The lowest BCUT2D eigenvalue weighted by Crippen LogP contribution is -2.47. The van der Waals surface area contributed by atoms with Crippen LogP contribution in [0.2, 0.25) is 0 Å². The van der Waals surface area contributed by atoms with Crippen LogP contribution < -0.4 is 10.2 Å². The van der Waals surface area contributed by atoms with Gasteiger partial charge in [0.1, 0.15) is 19.3 Å². The van der Waals surface area contributed by atoms with E-state index in [9.17, 15) is 19.0 Å². The first kappa shape index (κ1) is 62.2. The minimum Gasteiger partial charge on any atom is -0.756 e. The normalized spacial score (nSPS) is 14.2. The highest BCUT2D eigenvalue weighted by Crippen LogP contribution is 2.38. The van der Waals surface area contributed by atoms with E-state index in [2.05, 4.69) is 50.4 Å². The molecular formula is C54H103N2O7P. The van der Waals surface area contributed by atoms with Crippen LogP contribution in [-0.2, 0) is 27.9 Å². The van der Waals surface area contributed by atoms with E-state index >= 15 is 0 Å². The predicted octanol–water partition coefficient (Wildman–Crippen LogP) is 15.0. The van der Waals surface area contributed by atoms with Gasteiger partial charge in [0.05, 0.1) is 33.8 Å². The SMILES string of the molecule is CCCCC/C=C/C=C/CCCCCCCCC(=O)OC(/C=C/CCCCCCCCCCCC)C(COP(=O)([O-])OCC[N+](C)(C)C)NC(=O)CCCCCCCCCCCCC. The number of phosphoric ester groups is 1. The molecular weight excluding hydrogens is 820 g/mol. The first-order chi connectivity index (χ1) is 30.9. The molecule has 0 saturated carbocycles. The summed E-state index contributed by atoms with van der Waals surface area (Å²) in [7, 11) is 1.18. The van der Waals surface area contributed by atoms with Gasteiger partial charge in [-0.15, -0.1) is 0 Å². The molecule has 376 valence electrons. The maximum atomic E-state index is 13.4. The maximum Gasteiger partial charge on any atom is 0.306 e. The number of ether oxygens (including phenoxy) is 1. The topological polar surface area (TPSA) is 114 Å². The van der Waals surface area contributed by atoms with Crippen molar-refractivity contribution in [3.63, 3.8) is 0 Å². The highest BCUT2D eigenvalue weighted by molar-refractivity contribution is 7.45. The van der Waals surface area contributed by atoms with Crippen LogP contribution in [0.5, 0.6) is 0 Å². The number of carbonyl (C=O) groups is 2. The third-order valence-corrected chi connectivity index (χ3v) is 12.8. The molecule has 0 aromatic rings. The molecule has 10 heteroatoms. The van der Waals surface area contributed by atoms with Gasteiger partial charge in [0.2, 0.25) is 5.91 Å². The summed E-state index contributed by atoms with van der Waals surface area (Å²) in [4.78, 5) is 39.7. The minimum atomic E-state index is -4.69. The van der Waals surface area contributed by atoms with Gasteiger partial charge in [0, 0.05) is 12.8 Å². The number of hydrogen-bond acceptors (Lipinski definition) is 7. The van der Waals surface area contributed by atoms with Crippen molar-refractivity contribution >= 4 is 19.7 Å². The van der Waals surface area contributed by atoms with E-state index in [1.165, 1.54) is 135 Å². The average Bonchev–Trinajstić information content (AvgIpc) is 3.25. The van der Waals surface area contributed by atoms with E-state index < -0.39 is 20.0 Å². The summed E-state index contributed by atoms with van der Waals surface area (Å²) < 4.78 is 30.1. The van der Waals surface area contributed by atoms with Crippen LogP contribution in [0.3, 0.4) is 0 Å². The van der Waals surface area contributed by atoms with Gasteiger partial charge in [0.25, 0.3) is 7.82 Å². The number of carbonyl (C=O) groups excluding carboxylic acids is 2. The average molecular weight is 923 g/mol. The molecule has 3 unspecified atom stereocenters. The number of unbranched alkanes of at least 4 members (excludes halogenated alkanes) is 29. The summed E-state index contributed by atoms with van der Waals surface area (Å²) >= 11 is 0. The van der Waals surface area contributed by atoms with E-state index in [1.54, 1.807) is 0 Å². The van der Waals surface area contributed by atoms with Crippen LogP contribution in [0.1, 0.15) is 245 Å². The summed E-state index contributed by atoms with van der Waals surface area (Å²) in [6.45, 7) is 6.79. The molecule has 0 aromatic heterocycles. The Bertz CT molecular complexity index is 1200. The molecule has 0 aromatic carbocycles. The molecule has 0 rings (SSSR count). The van der Waals surface area contributed by atoms with Crippen molar-refractivity contribution in [3.8, 4) is 0 Å². The van der Waals surface area contributed by atoms with Gasteiger partial charge in [-0.3, -0.25) is 14.2 Å².